The summed E-state index contributed by atoms with van der Waals surface area (Å²) in [5.41, 5.74) is 0. The fourth-order valence-corrected chi connectivity index (χ4v) is 2.72. The molecule has 0 aliphatic heterocycles. The molecule has 4 heteroatoms. The maximum absolute atomic E-state index is 11.9. The normalized spacial score (nSPS) is 24.6. The summed E-state index contributed by atoms with van der Waals surface area (Å²) in [7, 11) is 1.94. The molecule has 1 rings (SSSR count). The highest BCUT2D eigenvalue weighted by atomic mass is 16.3. The van der Waals surface area contributed by atoms with E-state index in [0.29, 0.717) is 6.54 Å². The highest BCUT2D eigenvalue weighted by Gasteiger charge is 2.27. The number of carbonyl (C=O) groups is 1. The van der Waals surface area contributed by atoms with Crippen molar-refractivity contribution in [2.24, 2.45) is 0 Å². The van der Waals surface area contributed by atoms with Gasteiger partial charge in [-0.05, 0) is 32.7 Å². The Bertz CT molecular complexity index is 254. The van der Waals surface area contributed by atoms with Crippen molar-refractivity contribution >= 4 is 5.91 Å². The minimum absolute atomic E-state index is 0.0731. The first-order valence-corrected chi connectivity index (χ1v) is 7.26. The molecule has 0 aromatic heterocycles. The van der Waals surface area contributed by atoms with E-state index >= 15 is 0 Å². The first kappa shape index (κ1) is 15.4. The molecule has 18 heavy (non-hydrogen) atoms. The molecule has 1 saturated carbocycles. The summed E-state index contributed by atoms with van der Waals surface area (Å²) in [6.07, 6.45) is 5.78. The molecular weight excluding hydrogens is 228 g/mol. The van der Waals surface area contributed by atoms with Gasteiger partial charge in [0, 0.05) is 12.1 Å². The van der Waals surface area contributed by atoms with Gasteiger partial charge >= 0.3 is 0 Å². The van der Waals surface area contributed by atoms with Gasteiger partial charge in [0.15, 0.2) is 0 Å². The number of carbonyl (C=O) groups excluding carboxylic acids is 1. The first-order valence-electron chi connectivity index (χ1n) is 7.26. The molecule has 1 fully saturated rings. The summed E-state index contributed by atoms with van der Waals surface area (Å²) in [5, 5.41) is 13.0. The number of nitrogens with one attached hydrogen (secondary N) is 1. The largest absolute Gasteiger partial charge is 0.391 e. The van der Waals surface area contributed by atoms with Crippen molar-refractivity contribution in [3.63, 3.8) is 0 Å². The summed E-state index contributed by atoms with van der Waals surface area (Å²) < 4.78 is 0. The van der Waals surface area contributed by atoms with Gasteiger partial charge in [0.2, 0.25) is 5.91 Å². The van der Waals surface area contributed by atoms with E-state index in [1.807, 2.05) is 11.9 Å². The Morgan fingerprint density at radius 1 is 1.33 bits per heavy atom. The second kappa shape index (κ2) is 7.74. The monoisotopic (exact) mass is 256 g/mol. The number of amides is 1. The third-order valence-electron chi connectivity index (χ3n) is 4.00. The van der Waals surface area contributed by atoms with Crippen molar-refractivity contribution in [2.75, 3.05) is 13.6 Å². The fourth-order valence-electron chi connectivity index (χ4n) is 2.72. The van der Waals surface area contributed by atoms with Crippen LogP contribution in [-0.2, 0) is 4.79 Å². The van der Waals surface area contributed by atoms with E-state index in [9.17, 15) is 9.90 Å². The molecule has 1 aliphatic carbocycles. The standard InChI is InChI=1S/C14H28N2O2/c1-4-11(5-2)15-14(18)10-16(3)12-8-6-7-9-13(12)17/h11-13,17H,4-10H2,1-3H3,(H,15,18). The Morgan fingerprint density at radius 3 is 2.50 bits per heavy atom. The SMILES string of the molecule is CCC(CC)NC(=O)CN(C)C1CCCCC1O. The van der Waals surface area contributed by atoms with Gasteiger partial charge in [-0.3, -0.25) is 9.69 Å². The summed E-state index contributed by atoms with van der Waals surface area (Å²) in [6.45, 7) is 4.56. The summed E-state index contributed by atoms with van der Waals surface area (Å²) in [6, 6.07) is 0.424. The molecule has 2 atom stereocenters. The average Bonchev–Trinajstić information content (AvgIpc) is 2.36. The van der Waals surface area contributed by atoms with Crippen LogP contribution in [0.15, 0.2) is 0 Å². The number of hydrogen-bond donors (Lipinski definition) is 2. The summed E-state index contributed by atoms with van der Waals surface area (Å²) >= 11 is 0. The first-order chi connectivity index (χ1) is 8.58. The van der Waals surface area contributed by atoms with E-state index in [1.165, 1.54) is 0 Å². The van der Waals surface area contributed by atoms with Crippen LogP contribution in [0.2, 0.25) is 0 Å². The van der Waals surface area contributed by atoms with E-state index in [-0.39, 0.29) is 24.1 Å². The zero-order valence-electron chi connectivity index (χ0n) is 12.0. The van der Waals surface area contributed by atoms with E-state index in [0.717, 1.165) is 38.5 Å². The van der Waals surface area contributed by atoms with Crippen LogP contribution in [0, 0.1) is 0 Å². The quantitative estimate of drug-likeness (QED) is 0.758. The second-order valence-electron chi connectivity index (χ2n) is 5.42. The molecule has 0 aromatic carbocycles. The predicted octanol–water partition coefficient (Wildman–Crippen LogP) is 1.53. The van der Waals surface area contributed by atoms with Crippen molar-refractivity contribution in [3.8, 4) is 0 Å². The maximum Gasteiger partial charge on any atom is 0.234 e. The average molecular weight is 256 g/mol. The molecule has 0 radical (unpaired) electrons. The highest BCUT2D eigenvalue weighted by Crippen LogP contribution is 2.22. The van der Waals surface area contributed by atoms with Crippen LogP contribution in [0.3, 0.4) is 0 Å². The van der Waals surface area contributed by atoms with Gasteiger partial charge in [-0.1, -0.05) is 26.7 Å². The molecule has 1 aliphatic rings. The van der Waals surface area contributed by atoms with E-state index < -0.39 is 0 Å². The van der Waals surface area contributed by atoms with Crippen LogP contribution in [-0.4, -0.2) is 47.7 Å². The van der Waals surface area contributed by atoms with Gasteiger partial charge in [-0.25, -0.2) is 0 Å². The van der Waals surface area contributed by atoms with E-state index in [1.54, 1.807) is 0 Å². The van der Waals surface area contributed by atoms with E-state index in [4.69, 9.17) is 0 Å². The van der Waals surface area contributed by atoms with Crippen LogP contribution < -0.4 is 5.32 Å². The zero-order valence-corrected chi connectivity index (χ0v) is 12.0. The molecule has 0 spiro atoms. The zero-order chi connectivity index (χ0) is 13.5. The van der Waals surface area contributed by atoms with Crippen LogP contribution in [0.4, 0.5) is 0 Å². The molecule has 4 nitrogen and oxygen atoms in total. The number of nitrogens with zero attached hydrogens (tertiary/aromatic N) is 1. The molecule has 2 N–H and O–H groups in total. The third kappa shape index (κ3) is 4.58. The maximum atomic E-state index is 11.9. The van der Waals surface area contributed by atoms with Gasteiger partial charge in [0.1, 0.15) is 0 Å². The van der Waals surface area contributed by atoms with Crippen LogP contribution in [0.1, 0.15) is 52.4 Å². The number of likely N-dealkylation sites (N-methyl/N-ethyl adjacent to an activating group) is 1. The van der Waals surface area contributed by atoms with Gasteiger partial charge in [-0.2, -0.15) is 0 Å². The van der Waals surface area contributed by atoms with Crippen molar-refractivity contribution in [3.05, 3.63) is 0 Å². The third-order valence-corrected chi connectivity index (χ3v) is 4.00. The molecule has 2 unspecified atom stereocenters. The van der Waals surface area contributed by atoms with Crippen LogP contribution in [0.25, 0.3) is 0 Å². The molecule has 1 amide bonds. The van der Waals surface area contributed by atoms with Crippen LogP contribution in [0.5, 0.6) is 0 Å². The van der Waals surface area contributed by atoms with Gasteiger partial charge in [0.05, 0.1) is 12.6 Å². The minimum Gasteiger partial charge on any atom is -0.391 e. The lowest BCUT2D eigenvalue weighted by Gasteiger charge is -2.35. The molecular formula is C14H28N2O2. The number of hydrogen-bond acceptors (Lipinski definition) is 3. The number of rotatable bonds is 6. The Kier molecular flexibility index (Phi) is 6.65. The fraction of sp³-hybridized carbons (Fsp3) is 0.929. The Hall–Kier alpha value is -0.610. The lowest BCUT2D eigenvalue weighted by atomic mass is 9.91. The number of aliphatic hydroxyl groups is 1. The lowest BCUT2D eigenvalue weighted by molar-refractivity contribution is -0.124. The van der Waals surface area contributed by atoms with Gasteiger partial charge in [0.25, 0.3) is 0 Å². The smallest absolute Gasteiger partial charge is 0.234 e. The molecule has 106 valence electrons. The van der Waals surface area contributed by atoms with Crippen molar-refractivity contribution < 1.29 is 9.90 Å². The van der Waals surface area contributed by atoms with Gasteiger partial charge < -0.3 is 10.4 Å². The summed E-state index contributed by atoms with van der Waals surface area (Å²) in [5.74, 6) is 0.0731. The molecule has 0 aromatic rings. The molecule has 0 saturated heterocycles. The van der Waals surface area contributed by atoms with Crippen molar-refractivity contribution in [1.82, 2.24) is 10.2 Å². The van der Waals surface area contributed by atoms with Crippen LogP contribution >= 0.6 is 0 Å². The highest BCUT2D eigenvalue weighted by molar-refractivity contribution is 5.78. The van der Waals surface area contributed by atoms with Gasteiger partial charge in [-0.15, -0.1) is 0 Å². The summed E-state index contributed by atoms with van der Waals surface area (Å²) in [4.78, 5) is 13.9. The van der Waals surface area contributed by atoms with Crippen molar-refractivity contribution in [1.29, 1.82) is 0 Å². The number of aliphatic hydroxyl groups excluding tert-OH is 1. The van der Waals surface area contributed by atoms with E-state index in [2.05, 4.69) is 19.2 Å². The minimum atomic E-state index is -0.273. The Morgan fingerprint density at radius 2 is 1.94 bits per heavy atom. The topological polar surface area (TPSA) is 52.6 Å². The second-order valence-corrected chi connectivity index (χ2v) is 5.42. The predicted molar refractivity (Wildman–Crippen MR) is 73.4 cm³/mol. The lowest BCUT2D eigenvalue weighted by Crippen LogP contribution is -2.48. The van der Waals surface area contributed by atoms with Crippen molar-refractivity contribution in [2.45, 2.75) is 70.6 Å². The Balaban J connectivity index is 2.38. The molecule has 0 bridgehead atoms. The Labute approximate surface area is 111 Å². The molecule has 0 heterocycles.